The van der Waals surface area contributed by atoms with Gasteiger partial charge in [0.2, 0.25) is 0 Å². The minimum Gasteiger partial charge on any atom is -0.466 e. The van der Waals surface area contributed by atoms with E-state index in [9.17, 15) is 14.4 Å². The van der Waals surface area contributed by atoms with Crippen molar-refractivity contribution in [2.45, 2.75) is 38.3 Å². The summed E-state index contributed by atoms with van der Waals surface area (Å²) in [6.45, 7) is 1.51. The van der Waals surface area contributed by atoms with Gasteiger partial charge in [-0.2, -0.15) is 0 Å². The average Bonchev–Trinajstić information content (AvgIpc) is 2.88. The Bertz CT molecular complexity index is 738. The van der Waals surface area contributed by atoms with E-state index in [-0.39, 0.29) is 17.9 Å². The first-order chi connectivity index (χ1) is 11.4. The summed E-state index contributed by atoms with van der Waals surface area (Å²) < 4.78 is 4.95. The largest absolute Gasteiger partial charge is 0.466 e. The summed E-state index contributed by atoms with van der Waals surface area (Å²) in [5.41, 5.74) is 2.86. The molecule has 1 aromatic rings. The molecule has 6 heteroatoms. The van der Waals surface area contributed by atoms with Crippen LogP contribution in [0.3, 0.4) is 0 Å². The van der Waals surface area contributed by atoms with Crippen LogP contribution in [0.15, 0.2) is 29.8 Å². The molecule has 0 aromatic heterocycles. The van der Waals surface area contributed by atoms with Crippen molar-refractivity contribution >= 4 is 34.3 Å². The number of hydrogen-bond donors (Lipinski definition) is 0. The van der Waals surface area contributed by atoms with Crippen LogP contribution in [0, 0.1) is 0 Å². The Morgan fingerprint density at radius 1 is 1.17 bits per heavy atom. The standard InChI is InChI=1S/C18H18ClNO4/c1-10(21)11-3-5-12(6-4-11)14-9-13-7-8-15(20(13)18(19)23)16(14)17(22)24-2/h3-6,13,15H,7-9H2,1-2H3/t13-,15+/m1/s1. The van der Waals surface area contributed by atoms with E-state index >= 15 is 0 Å². The van der Waals surface area contributed by atoms with Gasteiger partial charge in [0, 0.05) is 11.6 Å². The predicted molar refractivity (Wildman–Crippen MR) is 89.9 cm³/mol. The maximum atomic E-state index is 12.4. The highest BCUT2D eigenvalue weighted by molar-refractivity contribution is 6.63. The molecule has 1 fully saturated rings. The van der Waals surface area contributed by atoms with Crippen molar-refractivity contribution in [1.29, 1.82) is 0 Å². The molecule has 0 spiro atoms. The van der Waals surface area contributed by atoms with Crippen molar-refractivity contribution in [3.05, 3.63) is 41.0 Å². The van der Waals surface area contributed by atoms with Crippen molar-refractivity contribution in [1.82, 2.24) is 4.90 Å². The SMILES string of the molecule is COC(=O)C1=C(c2ccc(C(C)=O)cc2)C[C@H]2CC[C@@H]1N2C(=O)Cl. The minimum absolute atomic E-state index is 0.00381. The molecule has 2 aliphatic heterocycles. The topological polar surface area (TPSA) is 63.7 Å². The Morgan fingerprint density at radius 3 is 2.38 bits per heavy atom. The summed E-state index contributed by atoms with van der Waals surface area (Å²) in [7, 11) is 1.33. The van der Waals surface area contributed by atoms with Crippen LogP contribution in [0.4, 0.5) is 4.79 Å². The van der Waals surface area contributed by atoms with E-state index in [1.54, 1.807) is 17.0 Å². The molecule has 126 valence electrons. The quantitative estimate of drug-likeness (QED) is 0.364. The molecule has 0 unspecified atom stereocenters. The molecule has 3 rings (SSSR count). The molecular formula is C18H18ClNO4. The second-order valence-corrected chi connectivity index (χ2v) is 6.45. The molecule has 1 amide bonds. The third kappa shape index (κ3) is 2.73. The van der Waals surface area contributed by atoms with E-state index in [2.05, 4.69) is 0 Å². The Hall–Kier alpha value is -2.14. The van der Waals surface area contributed by atoms with Crippen LogP contribution in [0.2, 0.25) is 0 Å². The van der Waals surface area contributed by atoms with Gasteiger partial charge in [0.05, 0.1) is 18.7 Å². The Kier molecular flexibility index (Phi) is 4.45. The molecule has 2 atom stereocenters. The van der Waals surface area contributed by atoms with Gasteiger partial charge in [-0.3, -0.25) is 9.59 Å². The summed E-state index contributed by atoms with van der Waals surface area (Å²) in [4.78, 5) is 37.1. The van der Waals surface area contributed by atoms with Crippen LogP contribution in [0.25, 0.3) is 5.57 Å². The number of carbonyl (C=O) groups excluding carboxylic acids is 3. The fraction of sp³-hybridized carbons (Fsp3) is 0.389. The summed E-state index contributed by atoms with van der Waals surface area (Å²) in [5, 5.41) is -0.533. The van der Waals surface area contributed by atoms with Crippen molar-refractivity contribution in [2.75, 3.05) is 7.11 Å². The minimum atomic E-state index is -0.533. The highest BCUT2D eigenvalue weighted by atomic mass is 35.5. The summed E-state index contributed by atoms with van der Waals surface area (Å²) in [6, 6.07) is 6.83. The van der Waals surface area contributed by atoms with Crippen LogP contribution >= 0.6 is 11.6 Å². The number of fused-ring (bicyclic) bond motifs is 2. The first-order valence-electron chi connectivity index (χ1n) is 7.84. The fourth-order valence-electron chi connectivity index (χ4n) is 3.73. The number of hydrogen-bond acceptors (Lipinski definition) is 4. The van der Waals surface area contributed by atoms with Crippen LogP contribution < -0.4 is 0 Å². The van der Waals surface area contributed by atoms with E-state index in [0.717, 1.165) is 17.6 Å². The first kappa shape index (κ1) is 16.7. The lowest BCUT2D eigenvalue weighted by Crippen LogP contribution is -2.44. The average molecular weight is 348 g/mol. The van der Waals surface area contributed by atoms with E-state index in [4.69, 9.17) is 16.3 Å². The molecule has 0 radical (unpaired) electrons. The van der Waals surface area contributed by atoms with Gasteiger partial charge in [-0.1, -0.05) is 24.3 Å². The number of esters is 1. The predicted octanol–water partition coefficient (Wildman–Crippen LogP) is 3.41. The van der Waals surface area contributed by atoms with Gasteiger partial charge in [0.1, 0.15) is 0 Å². The van der Waals surface area contributed by atoms with Crippen molar-refractivity contribution in [3.63, 3.8) is 0 Å². The summed E-state index contributed by atoms with van der Waals surface area (Å²) in [5.74, 6) is -0.444. The van der Waals surface area contributed by atoms with Crippen LogP contribution in [-0.4, -0.2) is 41.2 Å². The first-order valence-corrected chi connectivity index (χ1v) is 8.22. The third-order valence-corrected chi connectivity index (χ3v) is 5.04. The molecule has 5 nitrogen and oxygen atoms in total. The molecule has 1 aromatic carbocycles. The molecule has 24 heavy (non-hydrogen) atoms. The number of Topliss-reactive ketones (excluding diaryl/α,β-unsaturated/α-hetero) is 1. The molecule has 0 N–H and O–H groups in total. The molecule has 2 bridgehead atoms. The smallest absolute Gasteiger partial charge is 0.336 e. The van der Waals surface area contributed by atoms with Crippen molar-refractivity contribution in [3.8, 4) is 0 Å². The van der Waals surface area contributed by atoms with Crippen LogP contribution in [-0.2, 0) is 9.53 Å². The summed E-state index contributed by atoms with van der Waals surface area (Å²) >= 11 is 5.72. The van der Waals surface area contributed by atoms with Gasteiger partial charge >= 0.3 is 11.3 Å². The van der Waals surface area contributed by atoms with Gasteiger partial charge in [-0.15, -0.1) is 0 Å². The van der Waals surface area contributed by atoms with E-state index in [1.807, 2.05) is 12.1 Å². The van der Waals surface area contributed by atoms with Gasteiger partial charge in [-0.25, -0.2) is 4.79 Å². The number of amides is 1. The number of carbonyl (C=O) groups is 3. The highest BCUT2D eigenvalue weighted by Crippen LogP contribution is 2.44. The van der Waals surface area contributed by atoms with E-state index in [1.165, 1.54) is 14.0 Å². The van der Waals surface area contributed by atoms with Crippen molar-refractivity contribution in [2.24, 2.45) is 0 Å². The van der Waals surface area contributed by atoms with E-state index in [0.29, 0.717) is 24.0 Å². The Labute approximate surface area is 145 Å². The number of benzene rings is 1. The Balaban J connectivity index is 2.08. The zero-order chi connectivity index (χ0) is 17.4. The maximum absolute atomic E-state index is 12.4. The van der Waals surface area contributed by atoms with Crippen LogP contribution in [0.1, 0.15) is 42.1 Å². The Morgan fingerprint density at radius 2 is 1.83 bits per heavy atom. The zero-order valence-corrected chi connectivity index (χ0v) is 14.3. The number of ether oxygens (including phenoxy) is 1. The lowest BCUT2D eigenvalue weighted by atomic mass is 9.88. The number of halogens is 1. The number of nitrogens with zero attached hydrogens (tertiary/aromatic N) is 1. The highest BCUT2D eigenvalue weighted by Gasteiger charge is 2.46. The zero-order valence-electron chi connectivity index (χ0n) is 13.5. The number of ketones is 1. The van der Waals surface area contributed by atoms with Crippen molar-refractivity contribution < 1.29 is 19.1 Å². The van der Waals surface area contributed by atoms with Crippen LogP contribution in [0.5, 0.6) is 0 Å². The number of methoxy groups -OCH3 is 1. The van der Waals surface area contributed by atoms with Gasteiger partial charge in [0.15, 0.2) is 5.78 Å². The van der Waals surface area contributed by atoms with Gasteiger partial charge in [0.25, 0.3) is 0 Å². The van der Waals surface area contributed by atoms with Gasteiger partial charge in [-0.05, 0) is 48.9 Å². The molecule has 1 saturated heterocycles. The van der Waals surface area contributed by atoms with Gasteiger partial charge < -0.3 is 9.64 Å². The third-order valence-electron chi connectivity index (χ3n) is 4.85. The maximum Gasteiger partial charge on any atom is 0.336 e. The lowest BCUT2D eigenvalue weighted by molar-refractivity contribution is -0.136. The molecule has 2 aliphatic rings. The second-order valence-electron chi connectivity index (χ2n) is 6.13. The monoisotopic (exact) mass is 347 g/mol. The number of rotatable bonds is 3. The second kappa shape index (κ2) is 6.40. The molecule has 0 aliphatic carbocycles. The molecule has 0 saturated carbocycles. The lowest BCUT2D eigenvalue weighted by Gasteiger charge is -2.35. The normalized spacial score (nSPS) is 22.5. The summed E-state index contributed by atoms with van der Waals surface area (Å²) in [6.07, 6.45) is 2.06. The van der Waals surface area contributed by atoms with E-state index < -0.39 is 11.3 Å². The molecular weight excluding hydrogens is 330 g/mol. The fourth-order valence-corrected chi connectivity index (χ4v) is 3.98. The molecule has 2 heterocycles.